The zero-order valence-electron chi connectivity index (χ0n) is 13.2. The molecule has 124 valence electrons. The topological polar surface area (TPSA) is 30.5 Å². The highest BCUT2D eigenvalue weighted by Crippen LogP contribution is 2.48. The van der Waals surface area contributed by atoms with Crippen molar-refractivity contribution in [1.29, 1.82) is 0 Å². The Morgan fingerprint density at radius 1 is 1.21 bits per heavy atom. The Morgan fingerprint density at radius 3 is 2.83 bits per heavy atom. The van der Waals surface area contributed by atoms with Crippen molar-refractivity contribution in [3.63, 3.8) is 0 Å². The van der Waals surface area contributed by atoms with Gasteiger partial charge in [-0.05, 0) is 42.8 Å². The molecule has 0 aromatic heterocycles. The molecule has 0 unspecified atom stereocenters. The highest BCUT2D eigenvalue weighted by atomic mass is 35.5. The van der Waals surface area contributed by atoms with Gasteiger partial charge in [-0.2, -0.15) is 0 Å². The van der Waals surface area contributed by atoms with Crippen molar-refractivity contribution in [3.05, 3.63) is 64.4 Å². The fraction of sp³-hybridized carbons (Fsp3) is 0.263. The summed E-state index contributed by atoms with van der Waals surface area (Å²) in [6.45, 7) is 3.49. The number of fused-ring (bicyclic) bond motifs is 1. The molecule has 1 N–H and O–H groups in total. The molecule has 2 aliphatic rings. The molecule has 3 nitrogen and oxygen atoms in total. The van der Waals surface area contributed by atoms with Crippen LogP contribution in [0.15, 0.2) is 42.5 Å². The maximum absolute atomic E-state index is 14.4. The number of halogens is 2. The van der Waals surface area contributed by atoms with Crippen LogP contribution >= 0.6 is 11.6 Å². The van der Waals surface area contributed by atoms with Crippen molar-refractivity contribution in [2.24, 2.45) is 0 Å². The van der Waals surface area contributed by atoms with E-state index in [1.807, 2.05) is 18.2 Å². The van der Waals surface area contributed by atoms with E-state index in [0.29, 0.717) is 22.1 Å². The fourth-order valence-corrected chi connectivity index (χ4v) is 3.37. The first-order chi connectivity index (χ1) is 11.6. The van der Waals surface area contributed by atoms with Crippen LogP contribution in [0.25, 0.3) is 5.57 Å². The minimum atomic E-state index is -1.21. The maximum Gasteiger partial charge on any atom is 0.278 e. The third-order valence-corrected chi connectivity index (χ3v) is 4.65. The lowest BCUT2D eigenvalue weighted by atomic mass is 9.99. The SMILES string of the molecule is C[C@]1(c2ccc(Cl)cc2F)Oc2cccc(C3=CCNCC3)c2O1. The van der Waals surface area contributed by atoms with Crippen LogP contribution in [0.1, 0.15) is 24.5 Å². The molecule has 2 heterocycles. The fourth-order valence-electron chi connectivity index (χ4n) is 3.21. The van der Waals surface area contributed by atoms with Gasteiger partial charge in [0.1, 0.15) is 5.82 Å². The van der Waals surface area contributed by atoms with Crippen molar-refractivity contribution >= 4 is 17.2 Å². The minimum absolute atomic E-state index is 0.327. The van der Waals surface area contributed by atoms with Crippen LogP contribution < -0.4 is 14.8 Å². The molecule has 0 bridgehead atoms. The summed E-state index contributed by atoms with van der Waals surface area (Å²) in [7, 11) is 0. The van der Waals surface area contributed by atoms with Gasteiger partial charge in [0.05, 0.1) is 5.56 Å². The molecular formula is C19H17ClFNO2. The number of rotatable bonds is 2. The van der Waals surface area contributed by atoms with Crippen molar-refractivity contribution in [2.45, 2.75) is 19.1 Å². The summed E-state index contributed by atoms with van der Waals surface area (Å²) in [5.41, 5.74) is 2.55. The number of benzene rings is 2. The lowest BCUT2D eigenvalue weighted by Gasteiger charge is -2.24. The van der Waals surface area contributed by atoms with Crippen molar-refractivity contribution in [1.82, 2.24) is 5.32 Å². The molecule has 0 amide bonds. The van der Waals surface area contributed by atoms with Crippen LogP contribution in [0.4, 0.5) is 4.39 Å². The average Bonchev–Trinajstić information content (AvgIpc) is 2.92. The number of hydrogen-bond acceptors (Lipinski definition) is 3. The zero-order chi connectivity index (χ0) is 16.7. The molecular weight excluding hydrogens is 329 g/mol. The van der Waals surface area contributed by atoms with Gasteiger partial charge < -0.3 is 14.8 Å². The van der Waals surface area contributed by atoms with E-state index in [4.69, 9.17) is 21.1 Å². The first-order valence-corrected chi connectivity index (χ1v) is 8.31. The van der Waals surface area contributed by atoms with E-state index in [-0.39, 0.29) is 0 Å². The van der Waals surface area contributed by atoms with Gasteiger partial charge in [-0.1, -0.05) is 29.8 Å². The summed E-state index contributed by atoms with van der Waals surface area (Å²) in [5, 5.41) is 3.64. The Labute approximate surface area is 145 Å². The molecule has 4 rings (SSSR count). The predicted octanol–water partition coefficient (Wildman–Crippen LogP) is 4.50. The van der Waals surface area contributed by atoms with E-state index in [1.165, 1.54) is 11.6 Å². The number of nitrogens with one attached hydrogen (secondary N) is 1. The molecule has 2 aromatic rings. The van der Waals surface area contributed by atoms with E-state index in [0.717, 1.165) is 25.1 Å². The molecule has 2 aliphatic heterocycles. The Balaban J connectivity index is 1.75. The monoisotopic (exact) mass is 345 g/mol. The zero-order valence-corrected chi connectivity index (χ0v) is 14.0. The average molecular weight is 346 g/mol. The Hall–Kier alpha value is -2.04. The largest absolute Gasteiger partial charge is 0.444 e. The van der Waals surface area contributed by atoms with Crippen molar-refractivity contribution in [2.75, 3.05) is 13.1 Å². The summed E-state index contributed by atoms with van der Waals surface area (Å²) in [6, 6.07) is 10.3. The van der Waals surface area contributed by atoms with Crippen molar-refractivity contribution in [3.8, 4) is 11.5 Å². The van der Waals surface area contributed by atoms with Gasteiger partial charge in [0.15, 0.2) is 11.5 Å². The van der Waals surface area contributed by atoms with Gasteiger partial charge in [-0.15, -0.1) is 0 Å². The maximum atomic E-state index is 14.4. The second kappa shape index (κ2) is 5.80. The van der Waals surface area contributed by atoms with E-state index >= 15 is 0 Å². The van der Waals surface area contributed by atoms with Gasteiger partial charge in [0, 0.05) is 24.1 Å². The number of hydrogen-bond donors (Lipinski definition) is 1. The quantitative estimate of drug-likeness (QED) is 0.869. The summed E-state index contributed by atoms with van der Waals surface area (Å²) >= 11 is 5.85. The molecule has 0 saturated heterocycles. The third-order valence-electron chi connectivity index (χ3n) is 4.41. The Kier molecular flexibility index (Phi) is 3.74. The van der Waals surface area contributed by atoms with E-state index in [2.05, 4.69) is 11.4 Å². The van der Waals surface area contributed by atoms with Crippen LogP contribution in [-0.4, -0.2) is 13.1 Å². The standard InChI is InChI=1S/C19H17ClFNO2/c1-19(15-6-5-13(20)11-16(15)21)23-17-4-2-3-14(18(17)24-19)12-7-9-22-10-8-12/h2-7,11,22H,8-10H2,1H3/t19-/m0/s1. The normalized spacial score (nSPS) is 22.4. The number of para-hydroxylation sites is 1. The Morgan fingerprint density at radius 2 is 2.08 bits per heavy atom. The lowest BCUT2D eigenvalue weighted by molar-refractivity contribution is -0.0708. The van der Waals surface area contributed by atoms with Crippen LogP contribution in [0.3, 0.4) is 0 Å². The molecule has 0 radical (unpaired) electrons. The van der Waals surface area contributed by atoms with E-state index in [1.54, 1.807) is 19.1 Å². The van der Waals surface area contributed by atoms with Gasteiger partial charge in [-0.25, -0.2) is 4.39 Å². The number of ether oxygens (including phenoxy) is 2. The predicted molar refractivity (Wildman–Crippen MR) is 91.9 cm³/mol. The van der Waals surface area contributed by atoms with Gasteiger partial charge in [-0.3, -0.25) is 0 Å². The lowest BCUT2D eigenvalue weighted by Crippen LogP contribution is -2.32. The minimum Gasteiger partial charge on any atom is -0.444 e. The summed E-state index contributed by atoms with van der Waals surface area (Å²) in [5.74, 6) is -0.354. The molecule has 0 fully saturated rings. The second-order valence-electron chi connectivity index (χ2n) is 6.09. The van der Waals surface area contributed by atoms with Crippen LogP contribution in [0.5, 0.6) is 11.5 Å². The van der Waals surface area contributed by atoms with E-state index < -0.39 is 11.6 Å². The molecule has 0 spiro atoms. The Bertz CT molecular complexity index is 836. The van der Waals surface area contributed by atoms with E-state index in [9.17, 15) is 4.39 Å². The van der Waals surface area contributed by atoms with Gasteiger partial charge >= 0.3 is 0 Å². The summed E-state index contributed by atoms with van der Waals surface area (Å²) in [4.78, 5) is 0. The molecule has 0 aliphatic carbocycles. The van der Waals surface area contributed by atoms with Crippen LogP contribution in [-0.2, 0) is 5.79 Å². The first-order valence-electron chi connectivity index (χ1n) is 7.93. The first kappa shape index (κ1) is 15.5. The second-order valence-corrected chi connectivity index (χ2v) is 6.53. The van der Waals surface area contributed by atoms with Crippen LogP contribution in [0, 0.1) is 5.82 Å². The molecule has 24 heavy (non-hydrogen) atoms. The highest BCUT2D eigenvalue weighted by molar-refractivity contribution is 6.30. The van der Waals surface area contributed by atoms with Crippen LogP contribution in [0.2, 0.25) is 5.02 Å². The molecule has 5 heteroatoms. The third kappa shape index (κ3) is 2.56. The molecule has 2 aromatic carbocycles. The van der Waals surface area contributed by atoms with Gasteiger partial charge in [0.2, 0.25) is 0 Å². The highest BCUT2D eigenvalue weighted by Gasteiger charge is 2.42. The molecule has 0 saturated carbocycles. The smallest absolute Gasteiger partial charge is 0.278 e. The van der Waals surface area contributed by atoms with Gasteiger partial charge in [0.25, 0.3) is 5.79 Å². The summed E-state index contributed by atoms with van der Waals surface area (Å²) in [6.07, 6.45) is 3.08. The van der Waals surface area contributed by atoms with Crippen molar-refractivity contribution < 1.29 is 13.9 Å². The summed E-state index contributed by atoms with van der Waals surface area (Å²) < 4.78 is 26.5. The molecule has 1 atom stereocenters.